The van der Waals surface area contributed by atoms with E-state index in [1.165, 1.54) is 7.11 Å². The molecule has 0 atom stereocenters. The summed E-state index contributed by atoms with van der Waals surface area (Å²) in [5.41, 5.74) is 2.67. The Morgan fingerprint density at radius 2 is 2.13 bits per heavy atom. The fraction of sp³-hybridized carbons (Fsp3) is 0.250. The second-order valence-corrected chi connectivity index (χ2v) is 3.15. The molecule has 1 N–H and O–H groups in total. The summed E-state index contributed by atoms with van der Waals surface area (Å²) in [5.74, 6) is -0.272. The lowest BCUT2D eigenvalue weighted by Gasteiger charge is -2.10. The lowest BCUT2D eigenvalue weighted by molar-refractivity contribution is -0.139. The van der Waals surface area contributed by atoms with Crippen LogP contribution in [0.5, 0.6) is 0 Å². The molecule has 0 fully saturated rings. The van der Waals surface area contributed by atoms with Gasteiger partial charge in [-0.1, -0.05) is 24.8 Å². The van der Waals surface area contributed by atoms with Gasteiger partial charge >= 0.3 is 5.97 Å². The van der Waals surface area contributed by atoms with Crippen LogP contribution < -0.4 is 5.32 Å². The highest BCUT2D eigenvalue weighted by atomic mass is 16.5. The Morgan fingerprint density at radius 3 is 2.73 bits per heavy atom. The summed E-state index contributed by atoms with van der Waals surface area (Å²) < 4.78 is 4.60. The van der Waals surface area contributed by atoms with Crippen molar-refractivity contribution in [3.05, 3.63) is 36.4 Å². The average molecular weight is 205 g/mol. The number of benzene rings is 1. The van der Waals surface area contributed by atoms with Gasteiger partial charge in [0.05, 0.1) is 13.5 Å². The van der Waals surface area contributed by atoms with Crippen LogP contribution in [0.1, 0.15) is 12.0 Å². The van der Waals surface area contributed by atoms with Crippen LogP contribution in [0.2, 0.25) is 0 Å². The van der Waals surface area contributed by atoms with Crippen LogP contribution in [0.15, 0.2) is 30.8 Å². The van der Waals surface area contributed by atoms with E-state index in [0.29, 0.717) is 0 Å². The van der Waals surface area contributed by atoms with E-state index in [-0.39, 0.29) is 12.4 Å². The SMILES string of the molecule is C=C(CC(=O)OC)c1ccccc1NC. The minimum Gasteiger partial charge on any atom is -0.469 e. The summed E-state index contributed by atoms with van der Waals surface area (Å²) in [4.78, 5) is 11.1. The van der Waals surface area contributed by atoms with Gasteiger partial charge in [-0.3, -0.25) is 4.79 Å². The third-order valence-corrected chi connectivity index (χ3v) is 2.16. The van der Waals surface area contributed by atoms with E-state index in [4.69, 9.17) is 0 Å². The third-order valence-electron chi connectivity index (χ3n) is 2.16. The second-order valence-electron chi connectivity index (χ2n) is 3.15. The third kappa shape index (κ3) is 2.84. The van der Waals surface area contributed by atoms with Crippen LogP contribution in [0.25, 0.3) is 5.57 Å². The molecule has 0 heterocycles. The van der Waals surface area contributed by atoms with Crippen molar-refractivity contribution in [3.63, 3.8) is 0 Å². The quantitative estimate of drug-likeness (QED) is 0.766. The monoisotopic (exact) mass is 205 g/mol. The Morgan fingerprint density at radius 1 is 1.47 bits per heavy atom. The highest BCUT2D eigenvalue weighted by molar-refractivity contribution is 5.87. The average Bonchev–Trinajstić information content (AvgIpc) is 2.28. The number of carbonyl (C=O) groups is 1. The molecular weight excluding hydrogens is 190 g/mol. The zero-order valence-corrected chi connectivity index (χ0v) is 9.04. The standard InChI is InChI=1S/C12H15NO2/c1-9(8-12(14)15-3)10-6-4-5-7-11(10)13-2/h4-7,13H,1,8H2,2-3H3. The molecule has 0 saturated carbocycles. The molecular formula is C12H15NO2. The minimum atomic E-state index is -0.272. The van der Waals surface area contributed by atoms with Crippen molar-refractivity contribution >= 4 is 17.2 Å². The van der Waals surface area contributed by atoms with Gasteiger partial charge in [-0.15, -0.1) is 0 Å². The molecule has 3 heteroatoms. The molecule has 0 radical (unpaired) electrons. The Bertz CT molecular complexity index is 372. The first kappa shape index (κ1) is 11.3. The number of ether oxygens (including phenoxy) is 1. The lowest BCUT2D eigenvalue weighted by Crippen LogP contribution is -2.02. The zero-order valence-electron chi connectivity index (χ0n) is 9.04. The topological polar surface area (TPSA) is 38.3 Å². The number of esters is 1. The van der Waals surface area contributed by atoms with Crippen LogP contribution in [0.4, 0.5) is 5.69 Å². The number of rotatable bonds is 4. The van der Waals surface area contributed by atoms with E-state index in [2.05, 4.69) is 16.6 Å². The fourth-order valence-electron chi connectivity index (χ4n) is 1.35. The first-order valence-corrected chi connectivity index (χ1v) is 4.70. The Balaban J connectivity index is 2.86. The van der Waals surface area contributed by atoms with Gasteiger partial charge in [0.2, 0.25) is 0 Å². The number of anilines is 1. The first-order valence-electron chi connectivity index (χ1n) is 4.70. The molecule has 0 unspecified atom stereocenters. The van der Waals surface area contributed by atoms with E-state index in [9.17, 15) is 4.79 Å². The summed E-state index contributed by atoms with van der Waals surface area (Å²) in [6, 6.07) is 7.72. The van der Waals surface area contributed by atoms with Gasteiger partial charge in [0.25, 0.3) is 0 Å². The highest BCUT2D eigenvalue weighted by Crippen LogP contribution is 2.24. The molecule has 0 aliphatic carbocycles. The molecule has 0 spiro atoms. The van der Waals surface area contributed by atoms with Crippen LogP contribution in [-0.2, 0) is 9.53 Å². The van der Waals surface area contributed by atoms with Crippen molar-refractivity contribution in [2.24, 2.45) is 0 Å². The van der Waals surface area contributed by atoms with Crippen molar-refractivity contribution in [1.29, 1.82) is 0 Å². The van der Waals surface area contributed by atoms with Crippen molar-refractivity contribution in [2.75, 3.05) is 19.5 Å². The van der Waals surface area contributed by atoms with E-state index in [1.54, 1.807) is 0 Å². The van der Waals surface area contributed by atoms with E-state index in [0.717, 1.165) is 16.8 Å². The van der Waals surface area contributed by atoms with Gasteiger partial charge < -0.3 is 10.1 Å². The van der Waals surface area contributed by atoms with Gasteiger partial charge in [-0.05, 0) is 11.6 Å². The molecule has 80 valence electrons. The number of carbonyl (C=O) groups excluding carboxylic acids is 1. The molecule has 1 rings (SSSR count). The van der Waals surface area contributed by atoms with Crippen LogP contribution in [0.3, 0.4) is 0 Å². The second kappa shape index (κ2) is 5.20. The number of hydrogen-bond acceptors (Lipinski definition) is 3. The van der Waals surface area contributed by atoms with Crippen LogP contribution >= 0.6 is 0 Å². The fourth-order valence-corrected chi connectivity index (χ4v) is 1.35. The van der Waals surface area contributed by atoms with E-state index >= 15 is 0 Å². The largest absolute Gasteiger partial charge is 0.469 e. The number of para-hydroxylation sites is 1. The van der Waals surface area contributed by atoms with Gasteiger partial charge in [-0.2, -0.15) is 0 Å². The van der Waals surface area contributed by atoms with Crippen molar-refractivity contribution < 1.29 is 9.53 Å². The minimum absolute atomic E-state index is 0.217. The smallest absolute Gasteiger partial charge is 0.309 e. The van der Waals surface area contributed by atoms with E-state index < -0.39 is 0 Å². The van der Waals surface area contributed by atoms with Gasteiger partial charge in [-0.25, -0.2) is 0 Å². The van der Waals surface area contributed by atoms with Gasteiger partial charge in [0.1, 0.15) is 0 Å². The molecule has 0 amide bonds. The van der Waals surface area contributed by atoms with Gasteiger partial charge in [0.15, 0.2) is 0 Å². The van der Waals surface area contributed by atoms with Crippen LogP contribution in [-0.4, -0.2) is 20.1 Å². The summed E-state index contributed by atoms with van der Waals surface area (Å²) in [6.07, 6.45) is 0.217. The lowest BCUT2D eigenvalue weighted by atomic mass is 10.0. The molecule has 0 saturated heterocycles. The van der Waals surface area contributed by atoms with Gasteiger partial charge in [0, 0.05) is 18.3 Å². The van der Waals surface area contributed by atoms with Crippen molar-refractivity contribution in [3.8, 4) is 0 Å². The molecule has 0 aliphatic heterocycles. The number of hydrogen-bond donors (Lipinski definition) is 1. The predicted molar refractivity (Wildman–Crippen MR) is 61.7 cm³/mol. The molecule has 0 bridgehead atoms. The van der Waals surface area contributed by atoms with Crippen molar-refractivity contribution in [1.82, 2.24) is 0 Å². The number of methoxy groups -OCH3 is 1. The normalized spacial score (nSPS) is 9.47. The Labute approximate surface area is 89.8 Å². The predicted octanol–water partition coefficient (Wildman–Crippen LogP) is 2.30. The molecule has 3 nitrogen and oxygen atoms in total. The molecule has 15 heavy (non-hydrogen) atoms. The maximum absolute atomic E-state index is 11.1. The zero-order chi connectivity index (χ0) is 11.3. The molecule has 0 aliphatic rings. The van der Waals surface area contributed by atoms with Crippen LogP contribution in [0, 0.1) is 0 Å². The molecule has 1 aromatic carbocycles. The molecule has 1 aromatic rings. The first-order chi connectivity index (χ1) is 7.19. The Hall–Kier alpha value is -1.77. The Kier molecular flexibility index (Phi) is 3.92. The summed E-state index contributed by atoms with van der Waals surface area (Å²) >= 11 is 0. The summed E-state index contributed by atoms with van der Waals surface area (Å²) in [6.45, 7) is 3.88. The molecule has 0 aromatic heterocycles. The maximum Gasteiger partial charge on any atom is 0.309 e. The maximum atomic E-state index is 11.1. The number of nitrogens with one attached hydrogen (secondary N) is 1. The summed E-state index contributed by atoms with van der Waals surface area (Å²) in [5, 5.41) is 3.05. The highest BCUT2D eigenvalue weighted by Gasteiger charge is 2.08. The van der Waals surface area contributed by atoms with E-state index in [1.807, 2.05) is 31.3 Å². The van der Waals surface area contributed by atoms with Crippen molar-refractivity contribution in [2.45, 2.75) is 6.42 Å². The summed E-state index contributed by atoms with van der Waals surface area (Å²) in [7, 11) is 3.21.